The van der Waals surface area contributed by atoms with Crippen LogP contribution in [0.5, 0.6) is 5.75 Å². The van der Waals surface area contributed by atoms with Crippen LogP contribution < -0.4 is 9.64 Å². The molecule has 0 aliphatic carbocycles. The first-order valence-corrected chi connectivity index (χ1v) is 10.0. The van der Waals surface area contributed by atoms with Crippen LogP contribution in [0.3, 0.4) is 0 Å². The lowest BCUT2D eigenvalue weighted by atomic mass is 9.96. The molecule has 0 radical (unpaired) electrons. The van der Waals surface area contributed by atoms with E-state index in [1.54, 1.807) is 18.9 Å². The Balaban J connectivity index is 1.62. The number of amides is 2. The predicted molar refractivity (Wildman–Crippen MR) is 109 cm³/mol. The van der Waals surface area contributed by atoms with E-state index in [1.807, 2.05) is 36.1 Å². The average Bonchev–Trinajstić information content (AvgIpc) is 3.04. The number of ether oxygens (including phenoxy) is 1. The normalized spacial score (nSPS) is 18.7. The third-order valence-electron chi connectivity index (χ3n) is 5.83. The highest BCUT2D eigenvalue weighted by Gasteiger charge is 2.33. The highest BCUT2D eigenvalue weighted by Crippen LogP contribution is 2.33. The molecule has 29 heavy (non-hydrogen) atoms. The van der Waals surface area contributed by atoms with Gasteiger partial charge in [0.15, 0.2) is 0 Å². The molecule has 0 saturated carbocycles. The smallest absolute Gasteiger partial charge is 0.233 e. The van der Waals surface area contributed by atoms with Gasteiger partial charge in [-0.05, 0) is 37.5 Å². The van der Waals surface area contributed by atoms with E-state index < -0.39 is 0 Å². The van der Waals surface area contributed by atoms with Gasteiger partial charge in [0.25, 0.3) is 0 Å². The number of aryl methyl sites for hydroxylation is 1. The van der Waals surface area contributed by atoms with Crippen molar-refractivity contribution in [1.82, 2.24) is 14.9 Å². The van der Waals surface area contributed by atoms with Gasteiger partial charge in [0, 0.05) is 37.2 Å². The number of benzene rings is 1. The van der Waals surface area contributed by atoms with Crippen LogP contribution in [0.25, 0.3) is 0 Å². The zero-order chi connectivity index (χ0) is 20.5. The Kier molecular flexibility index (Phi) is 5.22. The van der Waals surface area contributed by atoms with Crippen LogP contribution in [0, 0.1) is 6.92 Å². The Hall–Kier alpha value is -2.96. The lowest BCUT2D eigenvalue weighted by molar-refractivity contribution is -0.130. The van der Waals surface area contributed by atoms with Gasteiger partial charge < -0.3 is 9.64 Å². The fourth-order valence-corrected chi connectivity index (χ4v) is 4.13. The maximum absolute atomic E-state index is 12.7. The van der Waals surface area contributed by atoms with Gasteiger partial charge in [-0.3, -0.25) is 14.5 Å². The summed E-state index contributed by atoms with van der Waals surface area (Å²) in [5, 5.41) is 0. The lowest BCUT2D eigenvalue weighted by Crippen LogP contribution is -2.38. The fraction of sp³-hybridized carbons (Fsp3) is 0.455. The van der Waals surface area contributed by atoms with Gasteiger partial charge in [0.05, 0.1) is 20.1 Å². The highest BCUT2D eigenvalue weighted by atomic mass is 16.5. The molecule has 2 aliphatic rings. The number of likely N-dealkylation sites (tertiary alicyclic amines) is 1. The van der Waals surface area contributed by atoms with Crippen LogP contribution in [0.4, 0.5) is 5.82 Å². The van der Waals surface area contributed by atoms with Crippen LogP contribution in [0.15, 0.2) is 24.3 Å². The first-order chi connectivity index (χ1) is 14.0. The number of rotatable bonds is 4. The molecule has 1 aromatic carbocycles. The zero-order valence-electron chi connectivity index (χ0n) is 17.1. The van der Waals surface area contributed by atoms with E-state index >= 15 is 0 Å². The quantitative estimate of drug-likeness (QED) is 0.797. The molecule has 7 nitrogen and oxygen atoms in total. The van der Waals surface area contributed by atoms with Crippen molar-refractivity contribution >= 4 is 17.6 Å². The summed E-state index contributed by atoms with van der Waals surface area (Å²) < 4.78 is 5.21. The largest absolute Gasteiger partial charge is 0.497 e. The predicted octanol–water partition coefficient (Wildman–Crippen LogP) is 2.61. The van der Waals surface area contributed by atoms with E-state index in [4.69, 9.17) is 14.7 Å². The molecule has 1 unspecified atom stereocenters. The second kappa shape index (κ2) is 7.81. The van der Waals surface area contributed by atoms with Crippen molar-refractivity contribution in [2.45, 2.75) is 45.6 Å². The van der Waals surface area contributed by atoms with Crippen molar-refractivity contribution in [3.8, 4) is 5.75 Å². The van der Waals surface area contributed by atoms with E-state index in [0.29, 0.717) is 25.3 Å². The molecule has 0 bridgehead atoms. The first kappa shape index (κ1) is 19.4. The molecule has 1 aromatic heterocycles. The molecule has 1 saturated heterocycles. The van der Waals surface area contributed by atoms with Gasteiger partial charge in [-0.2, -0.15) is 0 Å². The maximum Gasteiger partial charge on any atom is 0.233 e. The summed E-state index contributed by atoms with van der Waals surface area (Å²) in [7, 11) is 1.63. The Labute approximate surface area is 170 Å². The number of piperidine rings is 1. The van der Waals surface area contributed by atoms with E-state index in [9.17, 15) is 9.59 Å². The maximum atomic E-state index is 12.7. The Morgan fingerprint density at radius 3 is 2.69 bits per heavy atom. The van der Waals surface area contributed by atoms with Crippen molar-refractivity contribution in [2.24, 2.45) is 0 Å². The van der Waals surface area contributed by atoms with Crippen molar-refractivity contribution in [3.63, 3.8) is 0 Å². The number of anilines is 1. The fourth-order valence-electron chi connectivity index (χ4n) is 4.13. The van der Waals surface area contributed by atoms with Crippen molar-refractivity contribution in [3.05, 3.63) is 46.9 Å². The monoisotopic (exact) mass is 394 g/mol. The zero-order valence-corrected chi connectivity index (χ0v) is 17.1. The van der Waals surface area contributed by atoms with E-state index in [2.05, 4.69) is 0 Å². The summed E-state index contributed by atoms with van der Waals surface area (Å²) in [6, 6.07) is 7.72. The average molecular weight is 394 g/mol. The molecule has 4 rings (SSSR count). The first-order valence-electron chi connectivity index (χ1n) is 10.0. The Morgan fingerprint density at radius 2 is 2.00 bits per heavy atom. The van der Waals surface area contributed by atoms with Crippen LogP contribution in [0.1, 0.15) is 48.3 Å². The molecule has 7 heteroatoms. The number of hydrogen-bond donors (Lipinski definition) is 0. The summed E-state index contributed by atoms with van der Waals surface area (Å²) in [4.78, 5) is 37.7. The molecule has 1 atom stereocenters. The molecule has 2 amide bonds. The van der Waals surface area contributed by atoms with Crippen LogP contribution >= 0.6 is 0 Å². The molecule has 0 N–H and O–H groups in total. The number of fused-ring (bicyclic) bond motifs is 1. The topological polar surface area (TPSA) is 75.6 Å². The van der Waals surface area contributed by atoms with Crippen molar-refractivity contribution < 1.29 is 14.3 Å². The molecule has 2 aromatic rings. The standard InChI is InChI=1S/C22H26N4O3/c1-14-19-11-20(28)26(12-16-6-8-18(29-3)9-7-16)22(19)24-21(23-14)17-5-4-10-25(13-17)15(2)27/h6-9,17H,4-5,10-13H2,1-3H3. The molecule has 2 aliphatic heterocycles. The van der Waals surface area contributed by atoms with E-state index in [-0.39, 0.29) is 17.7 Å². The number of carbonyl (C=O) groups excluding carboxylic acids is 2. The minimum absolute atomic E-state index is 0.0411. The second-order valence-electron chi connectivity index (χ2n) is 7.78. The summed E-state index contributed by atoms with van der Waals surface area (Å²) in [5.74, 6) is 2.48. The molecule has 0 spiro atoms. The summed E-state index contributed by atoms with van der Waals surface area (Å²) in [6.45, 7) is 5.44. The number of nitrogens with zero attached hydrogens (tertiary/aromatic N) is 4. The summed E-state index contributed by atoms with van der Waals surface area (Å²) in [5.41, 5.74) is 2.78. The SMILES string of the molecule is COc1ccc(CN2C(=O)Cc3c(C)nc(C4CCCN(C(C)=O)C4)nc32)cc1. The molecular weight excluding hydrogens is 368 g/mol. The Bertz CT molecular complexity index is 942. The highest BCUT2D eigenvalue weighted by molar-refractivity contribution is 6.00. The van der Waals surface area contributed by atoms with Crippen molar-refractivity contribution in [1.29, 1.82) is 0 Å². The third-order valence-corrected chi connectivity index (χ3v) is 5.83. The molecule has 152 valence electrons. The second-order valence-corrected chi connectivity index (χ2v) is 7.78. The summed E-state index contributed by atoms with van der Waals surface area (Å²) >= 11 is 0. The lowest BCUT2D eigenvalue weighted by Gasteiger charge is -2.31. The summed E-state index contributed by atoms with van der Waals surface area (Å²) in [6.07, 6.45) is 2.23. The number of carbonyl (C=O) groups is 2. The van der Waals surface area contributed by atoms with Gasteiger partial charge >= 0.3 is 0 Å². The van der Waals surface area contributed by atoms with Gasteiger partial charge in [0.1, 0.15) is 17.4 Å². The van der Waals surface area contributed by atoms with Crippen LogP contribution in [-0.4, -0.2) is 46.9 Å². The van der Waals surface area contributed by atoms with Crippen molar-refractivity contribution in [2.75, 3.05) is 25.1 Å². The van der Waals surface area contributed by atoms with Gasteiger partial charge in [-0.1, -0.05) is 12.1 Å². The van der Waals surface area contributed by atoms with Crippen LogP contribution in [-0.2, 0) is 22.6 Å². The van der Waals surface area contributed by atoms with E-state index in [1.165, 1.54) is 0 Å². The van der Waals surface area contributed by atoms with Gasteiger partial charge in [-0.25, -0.2) is 9.97 Å². The number of hydrogen-bond acceptors (Lipinski definition) is 5. The minimum Gasteiger partial charge on any atom is -0.497 e. The molecule has 1 fully saturated rings. The molecule has 3 heterocycles. The Morgan fingerprint density at radius 1 is 1.24 bits per heavy atom. The van der Waals surface area contributed by atoms with Gasteiger partial charge in [0.2, 0.25) is 11.8 Å². The van der Waals surface area contributed by atoms with Gasteiger partial charge in [-0.15, -0.1) is 0 Å². The number of aromatic nitrogens is 2. The number of methoxy groups -OCH3 is 1. The minimum atomic E-state index is 0.0411. The molecular formula is C22H26N4O3. The van der Waals surface area contributed by atoms with E-state index in [0.717, 1.165) is 47.8 Å². The van der Waals surface area contributed by atoms with Crippen LogP contribution in [0.2, 0.25) is 0 Å². The third kappa shape index (κ3) is 3.81.